The van der Waals surface area contributed by atoms with Crippen LogP contribution in [0, 0.1) is 6.92 Å². The van der Waals surface area contributed by atoms with E-state index in [0.717, 1.165) is 13.2 Å². The zero-order chi connectivity index (χ0) is 14.4. The van der Waals surface area contributed by atoms with E-state index in [9.17, 15) is 0 Å². The Hall–Kier alpha value is -0.380. The Morgan fingerprint density at radius 2 is 2.05 bits per heavy atom. The third kappa shape index (κ3) is 3.44. The van der Waals surface area contributed by atoms with Crippen molar-refractivity contribution in [2.24, 2.45) is 0 Å². The predicted octanol–water partition coefficient (Wildman–Crippen LogP) is 4.84. The van der Waals surface area contributed by atoms with Gasteiger partial charge in [0.25, 0.3) is 0 Å². The van der Waals surface area contributed by atoms with Gasteiger partial charge in [0.05, 0.1) is 11.6 Å². The fraction of sp³-hybridized carbons (Fsp3) is 0.765. The van der Waals surface area contributed by atoms with Crippen molar-refractivity contribution in [1.82, 2.24) is 5.32 Å². The lowest BCUT2D eigenvalue weighted by Gasteiger charge is -2.44. The van der Waals surface area contributed by atoms with Crippen LogP contribution < -0.4 is 5.32 Å². The van der Waals surface area contributed by atoms with E-state index in [1.165, 1.54) is 49.0 Å². The van der Waals surface area contributed by atoms with Crippen molar-refractivity contribution in [3.05, 3.63) is 21.9 Å². The molecule has 114 valence electrons. The van der Waals surface area contributed by atoms with Gasteiger partial charge in [-0.15, -0.1) is 11.3 Å². The Balaban J connectivity index is 2.29. The van der Waals surface area contributed by atoms with Crippen molar-refractivity contribution < 1.29 is 4.74 Å². The molecule has 0 radical (unpaired) electrons. The van der Waals surface area contributed by atoms with Crippen LogP contribution in [0.5, 0.6) is 0 Å². The summed E-state index contributed by atoms with van der Waals surface area (Å²) < 4.78 is 6.35. The van der Waals surface area contributed by atoms with Crippen molar-refractivity contribution in [3.63, 3.8) is 0 Å². The first-order valence-electron chi connectivity index (χ1n) is 8.15. The van der Waals surface area contributed by atoms with Crippen LogP contribution in [-0.2, 0) is 4.74 Å². The van der Waals surface area contributed by atoms with Crippen LogP contribution >= 0.6 is 11.3 Å². The van der Waals surface area contributed by atoms with Gasteiger partial charge in [-0.25, -0.2) is 0 Å². The van der Waals surface area contributed by atoms with Gasteiger partial charge in [0.2, 0.25) is 0 Å². The van der Waals surface area contributed by atoms with E-state index in [4.69, 9.17) is 4.74 Å². The lowest BCUT2D eigenvalue weighted by molar-refractivity contribution is -0.0912. The second-order valence-corrected chi connectivity index (χ2v) is 7.00. The molecule has 1 aromatic heterocycles. The largest absolute Gasteiger partial charge is 0.373 e. The highest BCUT2D eigenvalue weighted by Crippen LogP contribution is 2.43. The van der Waals surface area contributed by atoms with Crippen molar-refractivity contribution >= 4 is 11.3 Å². The van der Waals surface area contributed by atoms with Crippen molar-refractivity contribution in [2.45, 2.75) is 70.9 Å². The van der Waals surface area contributed by atoms with Crippen LogP contribution in [0.3, 0.4) is 0 Å². The van der Waals surface area contributed by atoms with Crippen molar-refractivity contribution in [3.8, 4) is 0 Å². The molecule has 2 rings (SSSR count). The number of rotatable bonds is 7. The second-order valence-electron chi connectivity index (χ2n) is 5.88. The SMILES string of the molecule is CCCNC(c1ccsc1C)C1(OCC)CCCCC1. The first kappa shape index (κ1) is 16.0. The maximum Gasteiger partial charge on any atom is 0.0876 e. The molecule has 0 bridgehead atoms. The first-order valence-corrected chi connectivity index (χ1v) is 9.03. The van der Waals surface area contributed by atoms with Gasteiger partial charge in [-0.2, -0.15) is 0 Å². The molecule has 1 aromatic rings. The summed E-state index contributed by atoms with van der Waals surface area (Å²) in [5, 5.41) is 6.01. The van der Waals surface area contributed by atoms with Gasteiger partial charge in [0.15, 0.2) is 0 Å². The topological polar surface area (TPSA) is 21.3 Å². The molecule has 2 nitrogen and oxygen atoms in total. The lowest BCUT2D eigenvalue weighted by atomic mass is 9.76. The normalized spacial score (nSPS) is 19.9. The number of nitrogens with one attached hydrogen (secondary N) is 1. The van der Waals surface area contributed by atoms with Crippen molar-refractivity contribution in [1.29, 1.82) is 0 Å². The number of hydrogen-bond donors (Lipinski definition) is 1. The minimum absolute atomic E-state index is 0.00794. The van der Waals surface area contributed by atoms with Gasteiger partial charge in [-0.3, -0.25) is 0 Å². The van der Waals surface area contributed by atoms with Gasteiger partial charge < -0.3 is 10.1 Å². The van der Waals surface area contributed by atoms with E-state index < -0.39 is 0 Å². The minimum Gasteiger partial charge on any atom is -0.373 e. The van der Waals surface area contributed by atoms with Crippen LogP contribution in [-0.4, -0.2) is 18.8 Å². The van der Waals surface area contributed by atoms with E-state index in [2.05, 4.69) is 37.5 Å². The zero-order valence-electron chi connectivity index (χ0n) is 13.2. The average Bonchev–Trinajstić information content (AvgIpc) is 2.87. The Morgan fingerprint density at radius 3 is 2.60 bits per heavy atom. The summed E-state index contributed by atoms with van der Waals surface area (Å²) in [4.78, 5) is 1.43. The molecule has 1 saturated carbocycles. The molecule has 0 aromatic carbocycles. The summed E-state index contributed by atoms with van der Waals surface area (Å²) in [7, 11) is 0. The number of ether oxygens (including phenoxy) is 1. The second kappa shape index (κ2) is 7.58. The maximum absolute atomic E-state index is 6.35. The Morgan fingerprint density at radius 1 is 1.30 bits per heavy atom. The summed E-state index contributed by atoms with van der Waals surface area (Å²) >= 11 is 1.85. The molecule has 1 heterocycles. The van der Waals surface area contributed by atoms with Gasteiger partial charge in [-0.05, 0) is 56.7 Å². The Bertz CT molecular complexity index is 390. The smallest absolute Gasteiger partial charge is 0.0876 e. The zero-order valence-corrected chi connectivity index (χ0v) is 14.0. The highest BCUT2D eigenvalue weighted by Gasteiger charge is 2.41. The molecule has 0 amide bonds. The fourth-order valence-electron chi connectivity index (χ4n) is 3.52. The molecular formula is C17H29NOS. The van der Waals surface area contributed by atoms with Gasteiger partial charge >= 0.3 is 0 Å². The van der Waals surface area contributed by atoms with Crippen LogP contribution in [0.25, 0.3) is 0 Å². The highest BCUT2D eigenvalue weighted by atomic mass is 32.1. The summed E-state index contributed by atoms with van der Waals surface area (Å²) in [6, 6.07) is 2.65. The van der Waals surface area contributed by atoms with E-state index >= 15 is 0 Å². The highest BCUT2D eigenvalue weighted by molar-refractivity contribution is 7.10. The van der Waals surface area contributed by atoms with Crippen LogP contribution in [0.1, 0.15) is 68.9 Å². The molecule has 1 N–H and O–H groups in total. The summed E-state index contributed by atoms with van der Waals surface area (Å²) in [5.74, 6) is 0. The number of aryl methyl sites for hydroxylation is 1. The summed E-state index contributed by atoms with van der Waals surface area (Å²) in [6.07, 6.45) is 7.51. The van der Waals surface area contributed by atoms with Crippen LogP contribution in [0.4, 0.5) is 0 Å². The lowest BCUT2D eigenvalue weighted by Crippen LogP contribution is -2.48. The van der Waals surface area contributed by atoms with E-state index in [1.54, 1.807) is 0 Å². The Labute approximate surface area is 127 Å². The van der Waals surface area contributed by atoms with Gasteiger partial charge in [0.1, 0.15) is 0 Å². The minimum atomic E-state index is 0.00794. The molecule has 1 unspecified atom stereocenters. The van der Waals surface area contributed by atoms with E-state index in [1.807, 2.05) is 11.3 Å². The molecule has 0 saturated heterocycles. The summed E-state index contributed by atoms with van der Waals surface area (Å²) in [5.41, 5.74) is 1.47. The molecule has 1 aliphatic carbocycles. The van der Waals surface area contributed by atoms with Crippen LogP contribution in [0.2, 0.25) is 0 Å². The van der Waals surface area contributed by atoms with Gasteiger partial charge in [-0.1, -0.05) is 26.2 Å². The average molecular weight is 295 g/mol. The van der Waals surface area contributed by atoms with E-state index in [-0.39, 0.29) is 5.60 Å². The monoisotopic (exact) mass is 295 g/mol. The van der Waals surface area contributed by atoms with Gasteiger partial charge in [0, 0.05) is 11.5 Å². The van der Waals surface area contributed by atoms with Crippen molar-refractivity contribution in [2.75, 3.05) is 13.2 Å². The summed E-state index contributed by atoms with van der Waals surface area (Å²) in [6.45, 7) is 8.48. The molecule has 3 heteroatoms. The Kier molecular flexibility index (Phi) is 6.06. The molecule has 1 fully saturated rings. The molecule has 1 atom stereocenters. The molecule has 0 spiro atoms. The third-order valence-corrected chi connectivity index (χ3v) is 5.33. The van der Waals surface area contributed by atoms with E-state index in [0.29, 0.717) is 6.04 Å². The molecule has 20 heavy (non-hydrogen) atoms. The van der Waals surface area contributed by atoms with Crippen LogP contribution in [0.15, 0.2) is 11.4 Å². The third-order valence-electron chi connectivity index (χ3n) is 4.47. The fourth-order valence-corrected chi connectivity index (χ4v) is 4.26. The maximum atomic E-state index is 6.35. The quantitative estimate of drug-likeness (QED) is 0.777. The number of thiophene rings is 1. The molecule has 0 aliphatic heterocycles. The molecule has 1 aliphatic rings. The number of hydrogen-bond acceptors (Lipinski definition) is 3. The predicted molar refractivity (Wildman–Crippen MR) is 87.5 cm³/mol. The standard InChI is InChI=1S/C17H29NOS/c1-4-12-18-16(15-9-13-20-14(15)3)17(19-5-2)10-7-6-8-11-17/h9,13,16,18H,4-8,10-12H2,1-3H3. The first-order chi connectivity index (χ1) is 9.73. The molecular weight excluding hydrogens is 266 g/mol.